The molecule has 1 amide bonds. The highest BCUT2D eigenvalue weighted by molar-refractivity contribution is 6.46. The summed E-state index contributed by atoms with van der Waals surface area (Å²) >= 11 is 12.0. The highest BCUT2D eigenvalue weighted by Gasteiger charge is 2.46. The topological polar surface area (TPSA) is 87.1 Å². The van der Waals surface area contributed by atoms with Gasteiger partial charge in [-0.2, -0.15) is 0 Å². The number of carbonyl (C=O) groups is 2. The summed E-state index contributed by atoms with van der Waals surface area (Å²) in [6.45, 7) is 4.09. The molecule has 0 radical (unpaired) electrons. The van der Waals surface area contributed by atoms with Crippen molar-refractivity contribution in [3.05, 3.63) is 69.2 Å². The maximum Gasteiger partial charge on any atom is 0.295 e. The maximum absolute atomic E-state index is 12.9. The van der Waals surface area contributed by atoms with Gasteiger partial charge in [0, 0.05) is 12.1 Å². The number of likely N-dealkylation sites (tertiary alicyclic amines) is 1. The number of phenolic OH excluding ortho intramolecular Hbond substituents is 1. The molecular weight excluding hydrogens is 429 g/mol. The number of aliphatic hydroxyl groups excluding tert-OH is 1. The van der Waals surface area contributed by atoms with Crippen molar-refractivity contribution < 1.29 is 24.5 Å². The summed E-state index contributed by atoms with van der Waals surface area (Å²) in [7, 11) is 0. The SMILES string of the molecule is CC(C)OCCN1C(=O)C(=O)/C(=C(\O)c2ccc(Cl)c(Cl)c2)C1c1cccc(O)c1. The number of hydrogen-bond donors (Lipinski definition) is 2. The van der Waals surface area contributed by atoms with Gasteiger partial charge in [0.15, 0.2) is 0 Å². The van der Waals surface area contributed by atoms with E-state index in [-0.39, 0.29) is 46.9 Å². The predicted octanol–water partition coefficient (Wildman–Crippen LogP) is 4.55. The Labute approximate surface area is 184 Å². The van der Waals surface area contributed by atoms with Crippen LogP contribution in [-0.4, -0.2) is 46.1 Å². The molecule has 1 aliphatic heterocycles. The molecule has 0 aliphatic carbocycles. The number of ether oxygens (including phenoxy) is 1. The molecule has 0 saturated carbocycles. The number of rotatable bonds is 6. The van der Waals surface area contributed by atoms with Crippen LogP contribution in [0, 0.1) is 0 Å². The van der Waals surface area contributed by atoms with E-state index in [0.29, 0.717) is 10.6 Å². The summed E-state index contributed by atoms with van der Waals surface area (Å²) in [6, 6.07) is 9.76. The summed E-state index contributed by atoms with van der Waals surface area (Å²) in [5, 5.41) is 21.4. The van der Waals surface area contributed by atoms with Crippen LogP contribution in [0.15, 0.2) is 48.0 Å². The predicted molar refractivity (Wildman–Crippen MR) is 115 cm³/mol. The van der Waals surface area contributed by atoms with Crippen LogP contribution in [0.2, 0.25) is 10.0 Å². The van der Waals surface area contributed by atoms with E-state index in [4.69, 9.17) is 27.9 Å². The second-order valence-electron chi connectivity index (χ2n) is 7.14. The Morgan fingerprint density at radius 3 is 2.50 bits per heavy atom. The van der Waals surface area contributed by atoms with Gasteiger partial charge in [0.25, 0.3) is 11.7 Å². The minimum absolute atomic E-state index is 0.0222. The molecule has 8 heteroatoms. The lowest BCUT2D eigenvalue weighted by molar-refractivity contribution is -0.140. The number of carbonyl (C=O) groups excluding carboxylic acids is 2. The molecule has 1 heterocycles. The zero-order valence-corrected chi connectivity index (χ0v) is 17.9. The molecule has 2 N–H and O–H groups in total. The van der Waals surface area contributed by atoms with Crippen LogP contribution >= 0.6 is 23.2 Å². The van der Waals surface area contributed by atoms with E-state index < -0.39 is 17.7 Å². The number of halogens is 2. The van der Waals surface area contributed by atoms with Crippen LogP contribution in [-0.2, 0) is 14.3 Å². The number of aromatic hydroxyl groups is 1. The van der Waals surface area contributed by atoms with E-state index in [9.17, 15) is 19.8 Å². The van der Waals surface area contributed by atoms with E-state index in [2.05, 4.69) is 0 Å². The summed E-state index contributed by atoms with van der Waals surface area (Å²) < 4.78 is 5.54. The van der Waals surface area contributed by atoms with Gasteiger partial charge in [0.05, 0.1) is 34.4 Å². The molecule has 0 bridgehead atoms. The van der Waals surface area contributed by atoms with Crippen molar-refractivity contribution >= 4 is 40.7 Å². The first-order valence-corrected chi connectivity index (χ1v) is 10.1. The minimum atomic E-state index is -0.887. The molecule has 1 atom stereocenters. The van der Waals surface area contributed by atoms with E-state index in [1.165, 1.54) is 35.2 Å². The summed E-state index contributed by atoms with van der Waals surface area (Å²) in [5.41, 5.74) is 0.653. The first-order valence-electron chi connectivity index (χ1n) is 9.35. The molecule has 1 saturated heterocycles. The van der Waals surface area contributed by atoms with Crippen LogP contribution in [0.1, 0.15) is 31.0 Å². The molecule has 1 unspecified atom stereocenters. The molecule has 30 heavy (non-hydrogen) atoms. The van der Waals surface area contributed by atoms with Crippen molar-refractivity contribution in [1.82, 2.24) is 4.90 Å². The van der Waals surface area contributed by atoms with E-state index in [1.807, 2.05) is 13.8 Å². The Hall–Kier alpha value is -2.54. The second kappa shape index (κ2) is 9.08. The van der Waals surface area contributed by atoms with Gasteiger partial charge in [-0.25, -0.2) is 0 Å². The Bertz CT molecular complexity index is 1020. The molecule has 3 rings (SSSR count). The third kappa shape index (κ3) is 4.46. The van der Waals surface area contributed by atoms with Gasteiger partial charge < -0.3 is 19.8 Å². The first-order chi connectivity index (χ1) is 14.2. The molecule has 158 valence electrons. The largest absolute Gasteiger partial charge is 0.508 e. The molecule has 1 aliphatic rings. The Morgan fingerprint density at radius 1 is 1.13 bits per heavy atom. The van der Waals surface area contributed by atoms with Crippen molar-refractivity contribution in [3.8, 4) is 5.75 Å². The van der Waals surface area contributed by atoms with Gasteiger partial charge >= 0.3 is 0 Å². The van der Waals surface area contributed by atoms with Crippen LogP contribution in [0.4, 0.5) is 0 Å². The average Bonchev–Trinajstić information content (AvgIpc) is 2.94. The summed E-state index contributed by atoms with van der Waals surface area (Å²) in [5.74, 6) is -1.97. The fourth-order valence-corrected chi connectivity index (χ4v) is 3.64. The van der Waals surface area contributed by atoms with Gasteiger partial charge in [-0.05, 0) is 49.7 Å². The molecule has 2 aromatic rings. The number of benzene rings is 2. The van der Waals surface area contributed by atoms with Crippen LogP contribution in [0.3, 0.4) is 0 Å². The van der Waals surface area contributed by atoms with Crippen molar-refractivity contribution in [3.63, 3.8) is 0 Å². The zero-order chi connectivity index (χ0) is 22.0. The Morgan fingerprint density at radius 2 is 1.87 bits per heavy atom. The van der Waals surface area contributed by atoms with Crippen molar-refractivity contribution in [1.29, 1.82) is 0 Å². The number of aliphatic hydroxyl groups is 1. The van der Waals surface area contributed by atoms with Crippen LogP contribution in [0.25, 0.3) is 5.76 Å². The fraction of sp³-hybridized carbons (Fsp3) is 0.273. The Balaban J connectivity index is 2.12. The van der Waals surface area contributed by atoms with E-state index in [1.54, 1.807) is 12.1 Å². The van der Waals surface area contributed by atoms with Gasteiger partial charge in [-0.1, -0.05) is 35.3 Å². The van der Waals surface area contributed by atoms with Crippen molar-refractivity contribution in [2.75, 3.05) is 13.2 Å². The fourth-order valence-electron chi connectivity index (χ4n) is 3.34. The molecule has 0 spiro atoms. The molecule has 1 fully saturated rings. The van der Waals surface area contributed by atoms with Crippen molar-refractivity contribution in [2.24, 2.45) is 0 Å². The lowest BCUT2D eigenvalue weighted by Crippen LogP contribution is -2.33. The number of amides is 1. The first kappa shape index (κ1) is 22.2. The van der Waals surface area contributed by atoms with Crippen LogP contribution < -0.4 is 0 Å². The lowest BCUT2D eigenvalue weighted by Gasteiger charge is -2.25. The quantitative estimate of drug-likeness (QED) is 0.383. The minimum Gasteiger partial charge on any atom is -0.508 e. The lowest BCUT2D eigenvalue weighted by atomic mass is 9.95. The van der Waals surface area contributed by atoms with E-state index >= 15 is 0 Å². The number of nitrogens with zero attached hydrogens (tertiary/aromatic N) is 1. The molecule has 6 nitrogen and oxygen atoms in total. The smallest absolute Gasteiger partial charge is 0.295 e. The number of ketones is 1. The Kier molecular flexibility index (Phi) is 6.71. The number of Topliss-reactive ketones (excluding diaryl/α,β-unsaturated/α-hetero) is 1. The van der Waals surface area contributed by atoms with Gasteiger partial charge in [-0.3, -0.25) is 9.59 Å². The van der Waals surface area contributed by atoms with Crippen LogP contribution in [0.5, 0.6) is 5.75 Å². The third-order valence-corrected chi connectivity index (χ3v) is 5.44. The van der Waals surface area contributed by atoms with Crippen molar-refractivity contribution in [2.45, 2.75) is 26.0 Å². The van der Waals surface area contributed by atoms with Gasteiger partial charge in [0.1, 0.15) is 11.5 Å². The molecular formula is C22H21Cl2NO5. The second-order valence-corrected chi connectivity index (χ2v) is 7.95. The third-order valence-electron chi connectivity index (χ3n) is 4.70. The van der Waals surface area contributed by atoms with Gasteiger partial charge in [-0.15, -0.1) is 0 Å². The van der Waals surface area contributed by atoms with E-state index in [0.717, 1.165) is 0 Å². The normalized spacial score (nSPS) is 18.4. The maximum atomic E-state index is 12.9. The zero-order valence-electron chi connectivity index (χ0n) is 16.4. The number of phenols is 1. The summed E-state index contributed by atoms with van der Waals surface area (Å²) in [6.07, 6.45) is -0.0442. The standard InChI is InChI=1S/C22H21Cl2NO5/c1-12(2)30-9-8-25-19(13-4-3-5-15(26)10-13)18(21(28)22(25)29)20(27)14-6-7-16(23)17(24)11-14/h3-7,10-12,19,26-27H,8-9H2,1-2H3/b20-18-. The highest BCUT2D eigenvalue weighted by atomic mass is 35.5. The molecule has 2 aromatic carbocycles. The molecule has 0 aromatic heterocycles. The number of hydrogen-bond acceptors (Lipinski definition) is 5. The van der Waals surface area contributed by atoms with Gasteiger partial charge in [0.2, 0.25) is 0 Å². The monoisotopic (exact) mass is 449 g/mol. The average molecular weight is 450 g/mol. The highest BCUT2D eigenvalue weighted by Crippen LogP contribution is 2.40. The summed E-state index contributed by atoms with van der Waals surface area (Å²) in [4.78, 5) is 27.0.